The zero-order valence-electron chi connectivity index (χ0n) is 14.5. The summed E-state index contributed by atoms with van der Waals surface area (Å²) in [5.41, 5.74) is 2.11. The molecule has 0 aromatic heterocycles. The Hall–Kier alpha value is -0.343. The van der Waals surface area contributed by atoms with Crippen molar-refractivity contribution in [2.75, 3.05) is 32.0 Å². The maximum absolute atomic E-state index is 11.3. The van der Waals surface area contributed by atoms with Crippen molar-refractivity contribution in [1.29, 1.82) is 0 Å². The van der Waals surface area contributed by atoms with Crippen molar-refractivity contribution >= 4 is 30.2 Å². The van der Waals surface area contributed by atoms with Gasteiger partial charge in [0.2, 0.25) is 0 Å². The monoisotopic (exact) mass is 376 g/mol. The fourth-order valence-corrected chi connectivity index (χ4v) is 5.56. The quantitative estimate of drug-likeness (QED) is 0.438. The molecule has 0 N–H and O–H groups in total. The molecule has 0 fully saturated rings. The topological polar surface area (TPSA) is 52.6 Å². The smallest absolute Gasteiger partial charge is 0.334 e. The van der Waals surface area contributed by atoms with Crippen LogP contribution in [0.1, 0.15) is 17.5 Å². The second-order valence-corrected chi connectivity index (χ2v) is 12.8. The van der Waals surface area contributed by atoms with Gasteiger partial charge in [0.25, 0.3) is 0 Å². The highest BCUT2D eigenvalue weighted by Crippen LogP contribution is 2.17. The lowest BCUT2D eigenvalue weighted by atomic mass is 10.1. The third-order valence-electron chi connectivity index (χ3n) is 3.77. The Labute approximate surface area is 146 Å². The van der Waals surface area contributed by atoms with Crippen molar-refractivity contribution in [3.05, 3.63) is 35.4 Å². The fraction of sp³-hybridized carbons (Fsp3) is 0.625. The minimum atomic E-state index is -2.96. The van der Waals surface area contributed by atoms with Gasteiger partial charge in [0, 0.05) is 20.5 Å². The third kappa shape index (κ3) is 8.90. The fourth-order valence-electron chi connectivity index (χ4n) is 2.18. The van der Waals surface area contributed by atoms with Crippen LogP contribution >= 0.6 is 11.8 Å². The zero-order valence-corrected chi connectivity index (χ0v) is 17.1. The van der Waals surface area contributed by atoms with Crippen LogP contribution in [0.2, 0.25) is 12.6 Å². The van der Waals surface area contributed by atoms with Crippen LogP contribution in [-0.2, 0) is 30.9 Å². The molecular formula is C16H28O4S2Si. The molecule has 0 aliphatic rings. The van der Waals surface area contributed by atoms with Gasteiger partial charge in [0.05, 0.1) is 5.75 Å². The first-order valence-corrected chi connectivity index (χ1v) is 13.5. The number of aryl methyl sites for hydroxylation is 1. The first-order chi connectivity index (χ1) is 10.8. The number of rotatable bonds is 11. The summed E-state index contributed by atoms with van der Waals surface area (Å²) in [4.78, 5) is 0. The molecule has 0 saturated carbocycles. The molecule has 0 radical (unpaired) electrons. The number of hydrogen-bond donors (Lipinski definition) is 0. The molecule has 0 spiro atoms. The highest BCUT2D eigenvalue weighted by atomic mass is 32.2. The molecule has 0 aliphatic carbocycles. The van der Waals surface area contributed by atoms with E-state index in [-0.39, 0.29) is 5.75 Å². The molecule has 7 heteroatoms. The largest absolute Gasteiger partial charge is 0.398 e. The van der Waals surface area contributed by atoms with Crippen molar-refractivity contribution in [3.8, 4) is 0 Å². The molecule has 23 heavy (non-hydrogen) atoms. The van der Waals surface area contributed by atoms with Crippen molar-refractivity contribution < 1.29 is 17.3 Å². The highest BCUT2D eigenvalue weighted by Gasteiger charge is 2.27. The summed E-state index contributed by atoms with van der Waals surface area (Å²) in [5.74, 6) is 2.30. The van der Waals surface area contributed by atoms with Crippen molar-refractivity contribution in [1.82, 2.24) is 0 Å². The molecule has 0 saturated heterocycles. The van der Waals surface area contributed by atoms with E-state index in [2.05, 4.69) is 6.55 Å². The minimum Gasteiger partial charge on any atom is -0.398 e. The SMILES string of the molecule is CO[Si](C)(CCCSCCc1ccc(CS(C)(=O)=O)cc1)OC. The van der Waals surface area contributed by atoms with Crippen molar-refractivity contribution in [2.45, 2.75) is 31.2 Å². The minimum absolute atomic E-state index is 0.115. The standard InChI is InChI=1S/C16H28O4S2Si/c1-19-23(4,20-2)13-5-11-21-12-10-15-6-8-16(9-7-15)14-22(3,17)18/h6-9H,5,10-14H2,1-4H3. The number of thioether (sulfide) groups is 1. The molecule has 1 rings (SSSR count). The van der Waals surface area contributed by atoms with Crippen LogP contribution in [0.3, 0.4) is 0 Å². The van der Waals surface area contributed by atoms with Crippen LogP contribution in [0.15, 0.2) is 24.3 Å². The zero-order chi connectivity index (χ0) is 17.3. The van der Waals surface area contributed by atoms with E-state index in [0.29, 0.717) is 0 Å². The summed E-state index contributed by atoms with van der Waals surface area (Å²) >= 11 is 1.94. The summed E-state index contributed by atoms with van der Waals surface area (Å²) < 4.78 is 33.5. The van der Waals surface area contributed by atoms with E-state index in [4.69, 9.17) is 8.85 Å². The Balaban J connectivity index is 2.24. The molecule has 0 aliphatic heterocycles. The predicted octanol–water partition coefficient (Wildman–Crippen LogP) is 3.26. The molecule has 0 heterocycles. The van der Waals surface area contributed by atoms with Gasteiger partial charge in [-0.25, -0.2) is 8.42 Å². The molecular weight excluding hydrogens is 348 g/mol. The summed E-state index contributed by atoms with van der Waals surface area (Å²) in [6.45, 7) is 2.09. The second kappa shape index (κ2) is 9.83. The van der Waals surface area contributed by atoms with Crippen molar-refractivity contribution in [3.63, 3.8) is 0 Å². The Bertz CT molecular complexity index is 554. The van der Waals surface area contributed by atoms with Crippen LogP contribution in [0.5, 0.6) is 0 Å². The Morgan fingerprint density at radius 3 is 2.13 bits per heavy atom. The summed E-state index contributed by atoms with van der Waals surface area (Å²) in [6.07, 6.45) is 3.38. The van der Waals surface area contributed by atoms with Crippen LogP contribution in [0, 0.1) is 0 Å². The van der Waals surface area contributed by atoms with Gasteiger partial charge in [-0.3, -0.25) is 0 Å². The molecule has 1 aromatic rings. The number of hydrogen-bond acceptors (Lipinski definition) is 5. The second-order valence-electron chi connectivity index (χ2n) is 5.89. The highest BCUT2D eigenvalue weighted by molar-refractivity contribution is 7.99. The van der Waals surface area contributed by atoms with Gasteiger partial charge < -0.3 is 8.85 Å². The van der Waals surface area contributed by atoms with E-state index in [9.17, 15) is 8.42 Å². The molecule has 0 unspecified atom stereocenters. The molecule has 0 bridgehead atoms. The molecule has 132 valence electrons. The lowest BCUT2D eigenvalue weighted by molar-refractivity contribution is 0.249. The first-order valence-electron chi connectivity index (χ1n) is 7.71. The van der Waals surface area contributed by atoms with Gasteiger partial charge in [-0.15, -0.1) is 0 Å². The van der Waals surface area contributed by atoms with E-state index >= 15 is 0 Å². The van der Waals surface area contributed by atoms with Gasteiger partial charge in [0.15, 0.2) is 9.84 Å². The van der Waals surface area contributed by atoms with Gasteiger partial charge in [-0.1, -0.05) is 24.3 Å². The van der Waals surface area contributed by atoms with Crippen molar-refractivity contribution in [2.24, 2.45) is 0 Å². The maximum Gasteiger partial charge on any atom is 0.334 e. The van der Waals surface area contributed by atoms with Gasteiger partial charge >= 0.3 is 8.56 Å². The van der Waals surface area contributed by atoms with Crippen LogP contribution < -0.4 is 0 Å². The average molecular weight is 377 g/mol. The average Bonchev–Trinajstić information content (AvgIpc) is 2.50. The lowest BCUT2D eigenvalue weighted by Gasteiger charge is -2.22. The molecule has 0 atom stereocenters. The van der Waals surface area contributed by atoms with E-state index in [1.54, 1.807) is 14.2 Å². The van der Waals surface area contributed by atoms with E-state index in [1.807, 2.05) is 36.0 Å². The summed E-state index contributed by atoms with van der Waals surface area (Å²) in [7, 11) is -1.40. The Morgan fingerprint density at radius 2 is 1.61 bits per heavy atom. The Kier molecular flexibility index (Phi) is 8.85. The predicted molar refractivity (Wildman–Crippen MR) is 101 cm³/mol. The summed E-state index contributed by atoms with van der Waals surface area (Å²) in [5, 5.41) is 0. The molecule has 0 amide bonds. The van der Waals surface area contributed by atoms with E-state index in [1.165, 1.54) is 11.8 Å². The maximum atomic E-state index is 11.3. The van der Waals surface area contributed by atoms with Gasteiger partial charge in [-0.2, -0.15) is 11.8 Å². The van der Waals surface area contributed by atoms with Crippen LogP contribution in [0.4, 0.5) is 0 Å². The van der Waals surface area contributed by atoms with Crippen LogP contribution in [-0.4, -0.2) is 49.0 Å². The van der Waals surface area contributed by atoms with E-state index < -0.39 is 18.4 Å². The Morgan fingerprint density at radius 1 is 1.04 bits per heavy atom. The molecule has 1 aromatic carbocycles. The lowest BCUT2D eigenvalue weighted by Crippen LogP contribution is -2.35. The number of benzene rings is 1. The summed E-state index contributed by atoms with van der Waals surface area (Å²) in [6, 6.07) is 8.90. The normalized spacial score (nSPS) is 12.5. The van der Waals surface area contributed by atoms with Gasteiger partial charge in [0.1, 0.15) is 0 Å². The van der Waals surface area contributed by atoms with Gasteiger partial charge in [-0.05, 0) is 48.1 Å². The number of sulfone groups is 1. The third-order valence-corrected chi connectivity index (χ3v) is 8.69. The van der Waals surface area contributed by atoms with E-state index in [0.717, 1.165) is 36.0 Å². The van der Waals surface area contributed by atoms with Crippen LogP contribution in [0.25, 0.3) is 0 Å². The first kappa shape index (κ1) is 20.7. The molecule has 4 nitrogen and oxygen atoms in total.